The summed E-state index contributed by atoms with van der Waals surface area (Å²) < 4.78 is 5.64. The SMILES string of the molecule is C=C(NC(=O)c1ccc(OC(C)C)c(N)c1)c1cccc2c1CC[C@@H]2NCC(=O)N1CCC1. The molecule has 7 nitrogen and oxygen atoms in total. The van der Waals surface area contributed by atoms with Gasteiger partial charge in [0.05, 0.1) is 18.3 Å². The highest BCUT2D eigenvalue weighted by Gasteiger charge is 2.27. The third kappa shape index (κ3) is 5.03. The first kappa shape index (κ1) is 22.9. The molecule has 0 aromatic heterocycles. The van der Waals surface area contributed by atoms with Gasteiger partial charge in [-0.2, -0.15) is 0 Å². The second-order valence-electron chi connectivity index (χ2n) is 8.93. The Morgan fingerprint density at radius 1 is 1.24 bits per heavy atom. The van der Waals surface area contributed by atoms with Gasteiger partial charge < -0.3 is 26.0 Å². The van der Waals surface area contributed by atoms with Crippen LogP contribution in [0.25, 0.3) is 5.70 Å². The second kappa shape index (κ2) is 9.67. The van der Waals surface area contributed by atoms with Crippen molar-refractivity contribution >= 4 is 23.2 Å². The van der Waals surface area contributed by atoms with E-state index in [9.17, 15) is 9.59 Å². The van der Waals surface area contributed by atoms with Crippen LogP contribution in [-0.2, 0) is 11.2 Å². The zero-order valence-corrected chi connectivity index (χ0v) is 19.3. The molecule has 7 heteroatoms. The molecule has 4 rings (SSSR count). The molecule has 0 saturated carbocycles. The summed E-state index contributed by atoms with van der Waals surface area (Å²) in [6, 6.07) is 11.2. The van der Waals surface area contributed by atoms with Gasteiger partial charge in [-0.25, -0.2) is 0 Å². The number of likely N-dealkylation sites (tertiary alicyclic amines) is 1. The monoisotopic (exact) mass is 448 g/mol. The number of nitrogens with two attached hydrogens (primary N) is 1. The molecule has 2 aromatic carbocycles. The van der Waals surface area contributed by atoms with E-state index < -0.39 is 0 Å². The lowest BCUT2D eigenvalue weighted by Crippen LogP contribution is -2.46. The van der Waals surface area contributed by atoms with Gasteiger partial charge in [-0.3, -0.25) is 9.59 Å². The molecule has 0 unspecified atom stereocenters. The van der Waals surface area contributed by atoms with Crippen molar-refractivity contribution in [1.82, 2.24) is 15.5 Å². The number of hydrogen-bond acceptors (Lipinski definition) is 5. The fourth-order valence-corrected chi connectivity index (χ4v) is 4.36. The average molecular weight is 449 g/mol. The average Bonchev–Trinajstić information content (AvgIpc) is 3.15. The summed E-state index contributed by atoms with van der Waals surface area (Å²) in [5.74, 6) is 0.451. The molecule has 1 aliphatic heterocycles. The number of hydrogen-bond donors (Lipinski definition) is 3. The van der Waals surface area contributed by atoms with E-state index in [0.717, 1.165) is 43.5 Å². The summed E-state index contributed by atoms with van der Waals surface area (Å²) >= 11 is 0. The molecule has 0 bridgehead atoms. The van der Waals surface area contributed by atoms with Gasteiger partial charge in [0, 0.05) is 36.0 Å². The highest BCUT2D eigenvalue weighted by molar-refractivity contribution is 6.00. The molecule has 1 heterocycles. The van der Waals surface area contributed by atoms with Crippen LogP contribution in [0.15, 0.2) is 43.0 Å². The number of carbonyl (C=O) groups is 2. The first-order valence-electron chi connectivity index (χ1n) is 11.5. The third-order valence-electron chi connectivity index (χ3n) is 6.20. The van der Waals surface area contributed by atoms with E-state index in [0.29, 0.717) is 29.2 Å². The summed E-state index contributed by atoms with van der Waals surface area (Å²) in [5.41, 5.74) is 10.7. The van der Waals surface area contributed by atoms with Crippen molar-refractivity contribution in [2.24, 2.45) is 0 Å². The number of benzene rings is 2. The number of nitrogens with zero attached hydrogens (tertiary/aromatic N) is 1. The summed E-state index contributed by atoms with van der Waals surface area (Å²) in [6.45, 7) is 10.0. The molecule has 1 fully saturated rings. The normalized spacial score (nSPS) is 16.8. The van der Waals surface area contributed by atoms with Crippen LogP contribution < -0.4 is 21.1 Å². The lowest BCUT2D eigenvalue weighted by molar-refractivity contribution is -0.133. The Morgan fingerprint density at radius 3 is 2.70 bits per heavy atom. The van der Waals surface area contributed by atoms with Gasteiger partial charge in [0.25, 0.3) is 5.91 Å². The molecule has 2 aliphatic rings. The van der Waals surface area contributed by atoms with Gasteiger partial charge >= 0.3 is 0 Å². The topological polar surface area (TPSA) is 96.7 Å². The molecule has 2 aromatic rings. The minimum Gasteiger partial charge on any atom is -0.489 e. The van der Waals surface area contributed by atoms with Crippen LogP contribution in [-0.4, -0.2) is 42.5 Å². The molecule has 1 saturated heterocycles. The molecule has 1 atom stereocenters. The largest absolute Gasteiger partial charge is 0.489 e. The Morgan fingerprint density at radius 2 is 2.03 bits per heavy atom. The molecule has 0 spiro atoms. The second-order valence-corrected chi connectivity index (χ2v) is 8.93. The van der Waals surface area contributed by atoms with Crippen LogP contribution in [0.4, 0.5) is 5.69 Å². The maximum atomic E-state index is 12.8. The predicted molar refractivity (Wildman–Crippen MR) is 130 cm³/mol. The van der Waals surface area contributed by atoms with E-state index in [4.69, 9.17) is 10.5 Å². The van der Waals surface area contributed by atoms with E-state index in [1.54, 1.807) is 18.2 Å². The molecule has 1 aliphatic carbocycles. The summed E-state index contributed by atoms with van der Waals surface area (Å²) in [5, 5.41) is 6.32. The number of nitrogens with one attached hydrogen (secondary N) is 2. The number of fused-ring (bicyclic) bond motifs is 1. The van der Waals surface area contributed by atoms with E-state index in [2.05, 4.69) is 23.3 Å². The predicted octanol–water partition coefficient (Wildman–Crippen LogP) is 3.27. The number of rotatable bonds is 8. The molecular weight excluding hydrogens is 416 g/mol. The number of carbonyl (C=O) groups excluding carboxylic acids is 2. The van der Waals surface area contributed by atoms with Gasteiger partial charge in [-0.1, -0.05) is 24.8 Å². The van der Waals surface area contributed by atoms with Crippen LogP contribution in [0, 0.1) is 0 Å². The number of ether oxygens (including phenoxy) is 1. The first-order chi connectivity index (χ1) is 15.8. The lowest BCUT2D eigenvalue weighted by Gasteiger charge is -2.31. The zero-order valence-electron chi connectivity index (χ0n) is 19.3. The minimum absolute atomic E-state index is 0.000849. The quantitative estimate of drug-likeness (QED) is 0.539. The molecule has 33 heavy (non-hydrogen) atoms. The minimum atomic E-state index is -0.270. The number of nitrogen functional groups attached to an aromatic ring is 1. The van der Waals surface area contributed by atoms with Crippen LogP contribution in [0.1, 0.15) is 59.8 Å². The molecular formula is C26H32N4O3. The van der Waals surface area contributed by atoms with Gasteiger partial charge in [0.15, 0.2) is 0 Å². The fraction of sp³-hybridized carbons (Fsp3) is 0.385. The number of amides is 2. The van der Waals surface area contributed by atoms with E-state index in [1.165, 1.54) is 5.56 Å². The first-order valence-corrected chi connectivity index (χ1v) is 11.5. The Hall–Kier alpha value is -3.32. The standard InChI is InChI=1S/C26H32N4O3/c1-16(2)33-24-11-8-18(14-22(24)27)26(32)29-17(3)19-6-4-7-21-20(19)9-10-23(21)28-15-25(31)30-12-5-13-30/h4,6-8,11,14,16,23,28H,3,5,9-10,12-13,15,27H2,1-2H3,(H,29,32)/t23-/m0/s1. The molecule has 4 N–H and O–H groups in total. The van der Waals surface area contributed by atoms with E-state index in [1.807, 2.05) is 30.9 Å². The van der Waals surface area contributed by atoms with E-state index in [-0.39, 0.29) is 24.0 Å². The van der Waals surface area contributed by atoms with Crippen LogP contribution in [0.5, 0.6) is 5.75 Å². The van der Waals surface area contributed by atoms with Gasteiger partial charge in [-0.05, 0) is 62.4 Å². The smallest absolute Gasteiger partial charge is 0.255 e. The van der Waals surface area contributed by atoms with Crippen molar-refractivity contribution in [3.05, 3.63) is 65.2 Å². The van der Waals surface area contributed by atoms with Crippen LogP contribution in [0.2, 0.25) is 0 Å². The Labute approximate surface area is 195 Å². The zero-order chi connectivity index (χ0) is 23.5. The summed E-state index contributed by atoms with van der Waals surface area (Å²) in [4.78, 5) is 26.9. The van der Waals surface area contributed by atoms with Crippen molar-refractivity contribution in [2.75, 3.05) is 25.4 Å². The number of anilines is 1. The van der Waals surface area contributed by atoms with Gasteiger partial charge in [0.1, 0.15) is 5.75 Å². The molecule has 2 amide bonds. The van der Waals surface area contributed by atoms with Crippen molar-refractivity contribution < 1.29 is 14.3 Å². The summed E-state index contributed by atoms with van der Waals surface area (Å²) in [6.07, 6.45) is 2.87. The van der Waals surface area contributed by atoms with Crippen molar-refractivity contribution in [2.45, 2.75) is 45.3 Å². The van der Waals surface area contributed by atoms with Crippen LogP contribution in [0.3, 0.4) is 0 Å². The summed E-state index contributed by atoms with van der Waals surface area (Å²) in [7, 11) is 0. The Kier molecular flexibility index (Phi) is 6.70. The van der Waals surface area contributed by atoms with Crippen molar-refractivity contribution in [3.8, 4) is 5.75 Å². The van der Waals surface area contributed by atoms with Crippen LogP contribution >= 0.6 is 0 Å². The highest BCUT2D eigenvalue weighted by Crippen LogP contribution is 2.35. The highest BCUT2D eigenvalue weighted by atomic mass is 16.5. The maximum Gasteiger partial charge on any atom is 0.255 e. The van der Waals surface area contributed by atoms with E-state index >= 15 is 0 Å². The molecule has 174 valence electrons. The maximum absolute atomic E-state index is 12.8. The third-order valence-corrected chi connectivity index (χ3v) is 6.20. The Balaban J connectivity index is 1.42. The van der Waals surface area contributed by atoms with Crippen molar-refractivity contribution in [3.63, 3.8) is 0 Å². The lowest BCUT2D eigenvalue weighted by atomic mass is 10.00. The fourth-order valence-electron chi connectivity index (χ4n) is 4.36. The Bertz CT molecular complexity index is 1080. The molecule has 0 radical (unpaired) electrons. The van der Waals surface area contributed by atoms with Gasteiger partial charge in [0.2, 0.25) is 5.91 Å². The van der Waals surface area contributed by atoms with Crippen molar-refractivity contribution in [1.29, 1.82) is 0 Å². The van der Waals surface area contributed by atoms with Gasteiger partial charge in [-0.15, -0.1) is 0 Å².